The number of hydrogen-bond donors (Lipinski definition) is 1. The first kappa shape index (κ1) is 17.9. The van der Waals surface area contributed by atoms with Gasteiger partial charge >= 0.3 is 5.97 Å². The summed E-state index contributed by atoms with van der Waals surface area (Å²) in [6.45, 7) is 0.879. The molecule has 1 aromatic rings. The Kier molecular flexibility index (Phi) is 5.68. The van der Waals surface area contributed by atoms with Crippen LogP contribution in [0.25, 0.3) is 0 Å². The molecule has 25 heavy (non-hydrogen) atoms. The number of benzene rings is 1. The zero-order chi connectivity index (χ0) is 17.7. The minimum absolute atomic E-state index is 0.0556. The van der Waals surface area contributed by atoms with E-state index in [-0.39, 0.29) is 24.4 Å². The average Bonchev–Trinajstić information content (AvgIpc) is 3.30. The first-order valence-corrected chi connectivity index (χ1v) is 8.92. The second-order valence-corrected chi connectivity index (χ2v) is 6.81. The molecule has 0 unspecified atom stereocenters. The maximum Gasteiger partial charge on any atom is 0.317 e. The van der Waals surface area contributed by atoms with Crippen LogP contribution >= 0.6 is 0 Å². The van der Waals surface area contributed by atoms with Crippen molar-refractivity contribution in [3.8, 4) is 0 Å². The van der Waals surface area contributed by atoms with E-state index in [9.17, 15) is 14.0 Å². The predicted octanol–water partition coefficient (Wildman–Crippen LogP) is 2.48. The van der Waals surface area contributed by atoms with Crippen LogP contribution in [0.3, 0.4) is 0 Å². The maximum absolute atomic E-state index is 13.2. The fourth-order valence-corrected chi connectivity index (χ4v) is 3.71. The Hall–Kier alpha value is -1.95. The topological polar surface area (TPSA) is 64.6 Å². The van der Waals surface area contributed by atoms with Crippen LogP contribution < -0.4 is 5.32 Å². The van der Waals surface area contributed by atoms with E-state index in [0.29, 0.717) is 19.4 Å². The molecule has 0 bridgehead atoms. The lowest BCUT2D eigenvalue weighted by Gasteiger charge is -2.27. The quantitative estimate of drug-likeness (QED) is 0.802. The number of rotatable bonds is 6. The van der Waals surface area contributed by atoms with Crippen LogP contribution in [-0.2, 0) is 24.5 Å². The molecule has 136 valence electrons. The summed E-state index contributed by atoms with van der Waals surface area (Å²) < 4.78 is 23.9. The van der Waals surface area contributed by atoms with E-state index < -0.39 is 11.4 Å². The number of hydrogen-bond acceptors (Lipinski definition) is 4. The van der Waals surface area contributed by atoms with E-state index in [0.717, 1.165) is 37.9 Å². The molecule has 0 aromatic heterocycles. The van der Waals surface area contributed by atoms with Crippen molar-refractivity contribution in [3.63, 3.8) is 0 Å². The lowest BCUT2D eigenvalue weighted by Crippen LogP contribution is -2.39. The van der Waals surface area contributed by atoms with Gasteiger partial charge in [-0.2, -0.15) is 0 Å². The van der Waals surface area contributed by atoms with Gasteiger partial charge in [-0.3, -0.25) is 9.59 Å². The molecule has 1 amide bonds. The second kappa shape index (κ2) is 7.95. The molecular formula is C19H24FNO4. The average molecular weight is 349 g/mol. The third-order valence-corrected chi connectivity index (χ3v) is 5.13. The van der Waals surface area contributed by atoms with E-state index in [1.54, 1.807) is 12.1 Å². The van der Waals surface area contributed by atoms with E-state index in [2.05, 4.69) is 5.32 Å². The molecular weight excluding hydrogens is 325 g/mol. The summed E-state index contributed by atoms with van der Waals surface area (Å²) in [5.74, 6) is -1.06. The zero-order valence-electron chi connectivity index (χ0n) is 14.3. The maximum atomic E-state index is 13.2. The van der Waals surface area contributed by atoms with Gasteiger partial charge in [0.15, 0.2) is 6.61 Å². The lowest BCUT2D eigenvalue weighted by molar-refractivity contribution is -0.154. The molecule has 1 saturated carbocycles. The Morgan fingerprint density at radius 2 is 1.92 bits per heavy atom. The van der Waals surface area contributed by atoms with E-state index in [4.69, 9.17) is 9.47 Å². The standard InChI is InChI=1S/C19H24FNO4/c20-15-7-5-14(6-8-15)19(9-1-2-10-19)18(23)25-13-17(22)21-12-16-4-3-11-24-16/h5-8,16H,1-4,9-13H2,(H,21,22)/t16-/m1/s1. The van der Waals surface area contributed by atoms with Gasteiger partial charge in [0, 0.05) is 13.2 Å². The van der Waals surface area contributed by atoms with Crippen LogP contribution in [0.4, 0.5) is 4.39 Å². The molecule has 1 heterocycles. The highest BCUT2D eigenvalue weighted by Crippen LogP contribution is 2.42. The van der Waals surface area contributed by atoms with Crippen molar-refractivity contribution in [2.45, 2.75) is 50.0 Å². The highest BCUT2D eigenvalue weighted by atomic mass is 19.1. The van der Waals surface area contributed by atoms with Gasteiger partial charge in [0.2, 0.25) is 0 Å². The van der Waals surface area contributed by atoms with Crippen molar-refractivity contribution in [3.05, 3.63) is 35.6 Å². The van der Waals surface area contributed by atoms with Gasteiger partial charge in [-0.25, -0.2) is 4.39 Å². The summed E-state index contributed by atoms with van der Waals surface area (Å²) in [7, 11) is 0. The molecule has 6 heteroatoms. The van der Waals surface area contributed by atoms with Gasteiger partial charge in [-0.1, -0.05) is 25.0 Å². The van der Waals surface area contributed by atoms with Crippen molar-refractivity contribution in [2.24, 2.45) is 0 Å². The van der Waals surface area contributed by atoms with Gasteiger partial charge < -0.3 is 14.8 Å². The van der Waals surface area contributed by atoms with Crippen LogP contribution in [0.1, 0.15) is 44.1 Å². The van der Waals surface area contributed by atoms with Crippen LogP contribution in [0.5, 0.6) is 0 Å². The Labute approximate surface area is 146 Å². The first-order valence-electron chi connectivity index (χ1n) is 8.92. The zero-order valence-corrected chi connectivity index (χ0v) is 14.3. The minimum Gasteiger partial charge on any atom is -0.455 e. The van der Waals surface area contributed by atoms with Crippen molar-refractivity contribution < 1.29 is 23.5 Å². The van der Waals surface area contributed by atoms with Crippen molar-refractivity contribution in [1.29, 1.82) is 0 Å². The number of amides is 1. The molecule has 1 aliphatic carbocycles. The van der Waals surface area contributed by atoms with E-state index >= 15 is 0 Å². The fraction of sp³-hybridized carbons (Fsp3) is 0.579. The highest BCUT2D eigenvalue weighted by Gasteiger charge is 2.44. The summed E-state index contributed by atoms with van der Waals surface area (Å²) in [4.78, 5) is 24.6. The summed E-state index contributed by atoms with van der Waals surface area (Å²) in [5.41, 5.74) is -0.00103. The monoisotopic (exact) mass is 349 g/mol. The summed E-state index contributed by atoms with van der Waals surface area (Å²) in [6.07, 6.45) is 5.16. The summed E-state index contributed by atoms with van der Waals surface area (Å²) in [5, 5.41) is 2.74. The number of nitrogens with one attached hydrogen (secondary N) is 1. The first-order chi connectivity index (χ1) is 12.1. The molecule has 1 N–H and O–H groups in total. The van der Waals surface area contributed by atoms with Crippen LogP contribution in [0.15, 0.2) is 24.3 Å². The van der Waals surface area contributed by atoms with Crippen LogP contribution in [-0.4, -0.2) is 37.7 Å². The molecule has 2 fully saturated rings. The number of carbonyl (C=O) groups excluding carboxylic acids is 2. The van der Waals surface area contributed by atoms with Gasteiger partial charge in [0.25, 0.3) is 5.91 Å². The molecule has 1 saturated heterocycles. The Bertz CT molecular complexity index is 604. The van der Waals surface area contributed by atoms with Gasteiger partial charge in [0.05, 0.1) is 11.5 Å². The fourth-order valence-electron chi connectivity index (χ4n) is 3.71. The van der Waals surface area contributed by atoms with Crippen molar-refractivity contribution >= 4 is 11.9 Å². The largest absolute Gasteiger partial charge is 0.455 e. The Balaban J connectivity index is 1.56. The number of carbonyl (C=O) groups is 2. The van der Waals surface area contributed by atoms with E-state index in [1.807, 2.05) is 0 Å². The normalized spacial score (nSPS) is 21.9. The summed E-state index contributed by atoms with van der Waals surface area (Å²) >= 11 is 0. The Morgan fingerprint density at radius 3 is 2.56 bits per heavy atom. The van der Waals surface area contributed by atoms with Crippen LogP contribution in [0, 0.1) is 5.82 Å². The molecule has 3 rings (SSSR count). The van der Waals surface area contributed by atoms with Crippen molar-refractivity contribution in [1.82, 2.24) is 5.32 Å². The third-order valence-electron chi connectivity index (χ3n) is 5.13. The number of ether oxygens (including phenoxy) is 2. The molecule has 1 aromatic carbocycles. The predicted molar refractivity (Wildman–Crippen MR) is 89.5 cm³/mol. The molecule has 5 nitrogen and oxygen atoms in total. The molecule has 1 atom stereocenters. The number of halogens is 1. The van der Waals surface area contributed by atoms with Crippen molar-refractivity contribution in [2.75, 3.05) is 19.8 Å². The van der Waals surface area contributed by atoms with Gasteiger partial charge in [0.1, 0.15) is 5.82 Å². The molecule has 0 spiro atoms. The van der Waals surface area contributed by atoms with E-state index in [1.165, 1.54) is 12.1 Å². The smallest absolute Gasteiger partial charge is 0.317 e. The third kappa shape index (κ3) is 4.18. The highest BCUT2D eigenvalue weighted by molar-refractivity contribution is 5.86. The molecule has 2 aliphatic rings. The SMILES string of the molecule is O=C(COC(=O)C1(c2ccc(F)cc2)CCCC1)NC[C@H]1CCCO1. The second-order valence-electron chi connectivity index (χ2n) is 6.81. The molecule has 1 aliphatic heterocycles. The summed E-state index contributed by atoms with van der Waals surface area (Å²) in [6, 6.07) is 5.99. The van der Waals surface area contributed by atoms with Gasteiger partial charge in [-0.05, 0) is 43.4 Å². The lowest BCUT2D eigenvalue weighted by atomic mass is 9.79. The minimum atomic E-state index is -0.761. The molecule has 0 radical (unpaired) electrons. The number of esters is 1. The van der Waals surface area contributed by atoms with Crippen LogP contribution in [0.2, 0.25) is 0 Å². The van der Waals surface area contributed by atoms with Gasteiger partial charge in [-0.15, -0.1) is 0 Å². The Morgan fingerprint density at radius 1 is 1.20 bits per heavy atom.